The van der Waals surface area contributed by atoms with E-state index in [4.69, 9.17) is 4.42 Å². The Labute approximate surface area is 156 Å². The molecule has 0 aliphatic heterocycles. The van der Waals surface area contributed by atoms with Crippen LogP contribution in [0.2, 0.25) is 0 Å². The fraction of sp³-hybridized carbons (Fsp3) is 0.375. The van der Waals surface area contributed by atoms with Crippen LogP contribution in [-0.2, 0) is 26.2 Å². The van der Waals surface area contributed by atoms with E-state index < -0.39 is 10.0 Å². The van der Waals surface area contributed by atoms with Gasteiger partial charge in [0.15, 0.2) is 0 Å². The van der Waals surface area contributed by atoms with Crippen molar-refractivity contribution in [2.45, 2.75) is 23.6 Å². The third kappa shape index (κ3) is 5.97. The Balaban J connectivity index is 1.63. The average Bonchev–Trinajstić information content (AvgIpc) is 3.31. The second kappa shape index (κ2) is 9.51. The maximum absolute atomic E-state index is 12.2. The predicted octanol–water partition coefficient (Wildman–Crippen LogP) is 1.17. The number of carbonyl (C=O) groups is 2. The fourth-order valence-electron chi connectivity index (χ4n) is 2.07. The number of sulfonamides is 1. The summed E-state index contributed by atoms with van der Waals surface area (Å²) in [7, 11) is -2.02. The number of hydrogen-bond donors (Lipinski definition) is 2. The van der Waals surface area contributed by atoms with Crippen molar-refractivity contribution in [1.82, 2.24) is 14.9 Å². The summed E-state index contributed by atoms with van der Waals surface area (Å²) < 4.78 is 31.0. The van der Waals surface area contributed by atoms with Crippen molar-refractivity contribution in [3.8, 4) is 0 Å². The zero-order valence-corrected chi connectivity index (χ0v) is 15.9. The summed E-state index contributed by atoms with van der Waals surface area (Å²) in [5.74, 6) is -0.00752. The molecule has 26 heavy (non-hydrogen) atoms. The van der Waals surface area contributed by atoms with Gasteiger partial charge in [0, 0.05) is 20.0 Å². The van der Waals surface area contributed by atoms with Crippen molar-refractivity contribution >= 4 is 33.2 Å². The van der Waals surface area contributed by atoms with Crippen LogP contribution < -0.4 is 10.6 Å². The smallest absolute Gasteiger partial charge is 0.252 e. The number of furan rings is 1. The minimum absolute atomic E-state index is 0.135. The van der Waals surface area contributed by atoms with Gasteiger partial charge in [-0.1, -0.05) is 6.07 Å². The van der Waals surface area contributed by atoms with Crippen LogP contribution in [0.25, 0.3) is 0 Å². The highest BCUT2D eigenvalue weighted by molar-refractivity contribution is 7.91. The molecule has 142 valence electrons. The molecule has 2 aromatic rings. The van der Waals surface area contributed by atoms with E-state index in [1.165, 1.54) is 17.6 Å². The Kier molecular flexibility index (Phi) is 7.37. The molecule has 2 rings (SSSR count). The van der Waals surface area contributed by atoms with E-state index in [1.807, 2.05) is 0 Å². The molecule has 0 aromatic carbocycles. The lowest BCUT2D eigenvalue weighted by molar-refractivity contribution is -0.126. The number of rotatable bonds is 10. The molecule has 0 radical (unpaired) electrons. The van der Waals surface area contributed by atoms with Crippen LogP contribution in [0.1, 0.15) is 18.6 Å². The van der Waals surface area contributed by atoms with Gasteiger partial charge in [0.05, 0.1) is 19.4 Å². The molecule has 0 aliphatic rings. The SMILES string of the molecule is CN(CCCC(=O)NCC(=O)NCc1ccco1)S(=O)(=O)c1cccs1. The summed E-state index contributed by atoms with van der Waals surface area (Å²) in [6.45, 7) is 0.342. The molecule has 8 nitrogen and oxygen atoms in total. The van der Waals surface area contributed by atoms with E-state index in [9.17, 15) is 18.0 Å². The number of nitrogens with zero attached hydrogens (tertiary/aromatic N) is 1. The molecule has 2 aromatic heterocycles. The van der Waals surface area contributed by atoms with Gasteiger partial charge in [0.2, 0.25) is 11.8 Å². The summed E-state index contributed by atoms with van der Waals surface area (Å²) in [6.07, 6.45) is 2.01. The summed E-state index contributed by atoms with van der Waals surface area (Å²) in [5.41, 5.74) is 0. The first-order chi connectivity index (χ1) is 12.4. The van der Waals surface area contributed by atoms with Crippen LogP contribution in [0.15, 0.2) is 44.5 Å². The van der Waals surface area contributed by atoms with E-state index in [0.29, 0.717) is 12.2 Å². The van der Waals surface area contributed by atoms with Crippen molar-refractivity contribution in [1.29, 1.82) is 0 Å². The summed E-state index contributed by atoms with van der Waals surface area (Å²) in [5, 5.41) is 6.82. The fourth-order valence-corrected chi connectivity index (χ4v) is 4.49. The Morgan fingerprint density at radius 2 is 2.00 bits per heavy atom. The average molecular weight is 399 g/mol. The van der Waals surface area contributed by atoms with Crippen molar-refractivity contribution in [3.05, 3.63) is 41.7 Å². The van der Waals surface area contributed by atoms with Crippen molar-refractivity contribution in [2.24, 2.45) is 0 Å². The van der Waals surface area contributed by atoms with Crippen molar-refractivity contribution < 1.29 is 22.4 Å². The van der Waals surface area contributed by atoms with Gasteiger partial charge >= 0.3 is 0 Å². The van der Waals surface area contributed by atoms with Crippen molar-refractivity contribution in [2.75, 3.05) is 20.1 Å². The van der Waals surface area contributed by atoms with Gasteiger partial charge in [-0.05, 0) is 30.0 Å². The molecular weight excluding hydrogens is 378 g/mol. The molecule has 0 spiro atoms. The Morgan fingerprint density at radius 3 is 2.65 bits per heavy atom. The second-order valence-electron chi connectivity index (χ2n) is 5.50. The van der Waals surface area contributed by atoms with Gasteiger partial charge in [0.1, 0.15) is 9.97 Å². The molecule has 10 heteroatoms. The van der Waals surface area contributed by atoms with Crippen LogP contribution in [0.5, 0.6) is 0 Å². The van der Waals surface area contributed by atoms with Gasteiger partial charge in [-0.2, -0.15) is 0 Å². The molecule has 2 amide bonds. The maximum atomic E-state index is 12.2. The molecular formula is C16H21N3O5S2. The van der Waals surface area contributed by atoms with Crippen LogP contribution in [-0.4, -0.2) is 44.7 Å². The highest BCUT2D eigenvalue weighted by Crippen LogP contribution is 2.19. The minimum atomic E-state index is -3.50. The molecule has 0 saturated carbocycles. The summed E-state index contributed by atoms with van der Waals surface area (Å²) >= 11 is 1.15. The quantitative estimate of drug-likeness (QED) is 0.623. The summed E-state index contributed by atoms with van der Waals surface area (Å²) in [4.78, 5) is 23.4. The van der Waals surface area contributed by atoms with Crippen LogP contribution in [0.4, 0.5) is 0 Å². The highest BCUT2D eigenvalue weighted by atomic mass is 32.2. The molecule has 0 fully saturated rings. The molecule has 0 bridgehead atoms. The van der Waals surface area contributed by atoms with E-state index in [2.05, 4.69) is 10.6 Å². The number of nitrogens with one attached hydrogen (secondary N) is 2. The van der Waals surface area contributed by atoms with Gasteiger partial charge in [-0.15, -0.1) is 11.3 Å². The molecule has 0 saturated heterocycles. The Bertz CT molecular complexity index is 801. The van der Waals surface area contributed by atoms with Crippen LogP contribution >= 0.6 is 11.3 Å². The van der Waals surface area contributed by atoms with E-state index in [0.717, 1.165) is 11.3 Å². The van der Waals surface area contributed by atoms with Gasteiger partial charge in [-0.3, -0.25) is 9.59 Å². The first-order valence-electron chi connectivity index (χ1n) is 7.95. The number of amides is 2. The zero-order valence-electron chi connectivity index (χ0n) is 14.3. The molecule has 2 N–H and O–H groups in total. The van der Waals surface area contributed by atoms with Gasteiger partial charge in [-0.25, -0.2) is 12.7 Å². The second-order valence-corrected chi connectivity index (χ2v) is 8.71. The molecule has 0 atom stereocenters. The molecule has 0 aliphatic carbocycles. The lowest BCUT2D eigenvalue weighted by atomic mass is 10.3. The topological polar surface area (TPSA) is 109 Å². The largest absolute Gasteiger partial charge is 0.467 e. The summed E-state index contributed by atoms with van der Waals surface area (Å²) in [6, 6.07) is 6.68. The third-order valence-corrected chi connectivity index (χ3v) is 6.75. The standard InChI is InChI=1S/C16H21N3O5S2/c1-19(26(22,23)16-7-4-10-25-16)8-2-6-14(20)18-12-15(21)17-11-13-5-3-9-24-13/h3-5,7,9-10H,2,6,8,11-12H2,1H3,(H,17,21)(H,18,20). The number of carbonyl (C=O) groups excluding carboxylic acids is 2. The number of thiophene rings is 1. The van der Waals surface area contributed by atoms with Crippen LogP contribution in [0.3, 0.4) is 0 Å². The van der Waals surface area contributed by atoms with Crippen molar-refractivity contribution in [3.63, 3.8) is 0 Å². The maximum Gasteiger partial charge on any atom is 0.252 e. The lowest BCUT2D eigenvalue weighted by Crippen LogP contribution is -2.36. The monoisotopic (exact) mass is 399 g/mol. The van der Waals surface area contributed by atoms with Gasteiger partial charge < -0.3 is 15.1 Å². The first kappa shape index (κ1) is 20.1. The van der Waals surface area contributed by atoms with Crippen LogP contribution in [0, 0.1) is 0 Å². The van der Waals surface area contributed by atoms with E-state index >= 15 is 0 Å². The zero-order chi connectivity index (χ0) is 19.0. The highest BCUT2D eigenvalue weighted by Gasteiger charge is 2.21. The molecule has 0 unspecified atom stereocenters. The van der Waals surface area contributed by atoms with Gasteiger partial charge in [0.25, 0.3) is 10.0 Å². The predicted molar refractivity (Wildman–Crippen MR) is 96.9 cm³/mol. The lowest BCUT2D eigenvalue weighted by Gasteiger charge is -2.15. The first-order valence-corrected chi connectivity index (χ1v) is 10.3. The minimum Gasteiger partial charge on any atom is -0.467 e. The number of hydrogen-bond acceptors (Lipinski definition) is 6. The molecule has 2 heterocycles. The third-order valence-electron chi connectivity index (χ3n) is 3.52. The Morgan fingerprint density at radius 1 is 1.19 bits per heavy atom. The Hall–Kier alpha value is -2.17. The normalized spacial score (nSPS) is 11.5. The van der Waals surface area contributed by atoms with E-state index in [1.54, 1.807) is 29.6 Å². The van der Waals surface area contributed by atoms with E-state index in [-0.39, 0.29) is 42.1 Å².